The molecule has 0 unspecified atom stereocenters. The smallest absolute Gasteiger partial charge is 0.287 e. The first kappa shape index (κ1) is 22.4. The summed E-state index contributed by atoms with van der Waals surface area (Å²) in [5, 5.41) is 9.27. The minimum absolute atomic E-state index is 0. The minimum atomic E-state index is -0.178. The second-order valence-corrected chi connectivity index (χ2v) is 6.79. The molecule has 0 radical (unpaired) electrons. The van der Waals surface area contributed by atoms with E-state index < -0.39 is 0 Å². The highest BCUT2D eigenvalue weighted by atomic mass is 127. The van der Waals surface area contributed by atoms with Crippen molar-refractivity contribution in [3.05, 3.63) is 39.7 Å². The van der Waals surface area contributed by atoms with Gasteiger partial charge in [-0.1, -0.05) is 0 Å². The van der Waals surface area contributed by atoms with Crippen LogP contribution in [0.1, 0.15) is 33.2 Å². The van der Waals surface area contributed by atoms with E-state index in [1.54, 1.807) is 24.5 Å². The number of aromatic nitrogens is 1. The van der Waals surface area contributed by atoms with Crippen LogP contribution in [0.2, 0.25) is 0 Å². The van der Waals surface area contributed by atoms with Crippen LogP contribution in [0.4, 0.5) is 0 Å². The van der Waals surface area contributed by atoms with Gasteiger partial charge in [-0.25, -0.2) is 4.98 Å². The van der Waals surface area contributed by atoms with Crippen LogP contribution >= 0.6 is 35.3 Å². The van der Waals surface area contributed by atoms with Gasteiger partial charge in [0.15, 0.2) is 11.7 Å². The molecule has 0 aromatic carbocycles. The number of hydrogen-bond acceptors (Lipinski definition) is 5. The largest absolute Gasteiger partial charge is 0.459 e. The Labute approximate surface area is 175 Å². The summed E-state index contributed by atoms with van der Waals surface area (Å²) < 4.78 is 5.17. The summed E-state index contributed by atoms with van der Waals surface area (Å²) in [7, 11) is 3.73. The quantitative estimate of drug-likeness (QED) is 0.270. The van der Waals surface area contributed by atoms with Crippen molar-refractivity contribution in [2.75, 3.05) is 27.2 Å². The normalized spacial score (nSPS) is 11.0. The van der Waals surface area contributed by atoms with Gasteiger partial charge in [-0.3, -0.25) is 9.79 Å². The third kappa shape index (κ3) is 6.60. The van der Waals surface area contributed by atoms with E-state index in [0.717, 1.165) is 28.6 Å². The number of thiazole rings is 1. The summed E-state index contributed by atoms with van der Waals surface area (Å²) in [6, 6.07) is 1.78. The molecule has 26 heavy (non-hydrogen) atoms. The first-order chi connectivity index (χ1) is 12.0. The molecule has 0 atom stereocenters. The standard InChI is InChI=1S/C17H25N5O2S.HI/c1-12-6-9-24-15(12)16(23)19-7-5-8-20-17(18-3)22(4)10-14-11-25-13(2)21-14;/h6,9,11H,5,7-8,10H2,1-4H3,(H,18,20)(H,19,23);1H. The summed E-state index contributed by atoms with van der Waals surface area (Å²) in [5.41, 5.74) is 1.88. The van der Waals surface area contributed by atoms with E-state index in [-0.39, 0.29) is 29.9 Å². The molecule has 2 N–H and O–H groups in total. The molecular formula is C17H26IN5O2S. The highest BCUT2D eigenvalue weighted by Gasteiger charge is 2.12. The summed E-state index contributed by atoms with van der Waals surface area (Å²) in [5.74, 6) is 1.00. The monoisotopic (exact) mass is 491 g/mol. The van der Waals surface area contributed by atoms with Gasteiger partial charge in [0, 0.05) is 38.1 Å². The number of hydrogen-bond donors (Lipinski definition) is 2. The van der Waals surface area contributed by atoms with Gasteiger partial charge in [-0.15, -0.1) is 35.3 Å². The highest BCUT2D eigenvalue weighted by molar-refractivity contribution is 14.0. The van der Waals surface area contributed by atoms with E-state index in [1.807, 2.05) is 25.8 Å². The van der Waals surface area contributed by atoms with Crippen LogP contribution in [-0.4, -0.2) is 48.9 Å². The van der Waals surface area contributed by atoms with Crippen LogP contribution in [0, 0.1) is 13.8 Å². The number of aliphatic imine (C=N–C) groups is 1. The van der Waals surface area contributed by atoms with Crippen LogP contribution in [0.15, 0.2) is 27.1 Å². The van der Waals surface area contributed by atoms with Gasteiger partial charge < -0.3 is 20.0 Å². The number of furan rings is 1. The summed E-state index contributed by atoms with van der Waals surface area (Å²) in [6.07, 6.45) is 2.31. The van der Waals surface area contributed by atoms with E-state index >= 15 is 0 Å². The fourth-order valence-electron chi connectivity index (χ4n) is 2.36. The molecule has 0 aliphatic carbocycles. The number of halogens is 1. The van der Waals surface area contributed by atoms with Gasteiger partial charge >= 0.3 is 0 Å². The zero-order chi connectivity index (χ0) is 18.2. The molecule has 2 heterocycles. The van der Waals surface area contributed by atoms with Crippen molar-refractivity contribution in [3.63, 3.8) is 0 Å². The molecule has 0 bridgehead atoms. The predicted molar refractivity (Wildman–Crippen MR) is 115 cm³/mol. The third-order valence-electron chi connectivity index (χ3n) is 3.63. The molecule has 2 rings (SSSR count). The number of amides is 1. The van der Waals surface area contributed by atoms with E-state index in [4.69, 9.17) is 4.42 Å². The Morgan fingerprint density at radius 3 is 2.65 bits per heavy atom. The van der Waals surface area contributed by atoms with Crippen molar-refractivity contribution in [1.29, 1.82) is 0 Å². The Balaban J connectivity index is 0.00000338. The molecule has 2 aromatic rings. The van der Waals surface area contributed by atoms with Gasteiger partial charge in [-0.05, 0) is 26.3 Å². The number of rotatable bonds is 7. The number of nitrogens with zero attached hydrogens (tertiary/aromatic N) is 3. The zero-order valence-electron chi connectivity index (χ0n) is 15.5. The lowest BCUT2D eigenvalue weighted by molar-refractivity contribution is 0.0925. The molecule has 144 valence electrons. The third-order valence-corrected chi connectivity index (χ3v) is 4.45. The van der Waals surface area contributed by atoms with E-state index in [1.165, 1.54) is 6.26 Å². The van der Waals surface area contributed by atoms with Crippen molar-refractivity contribution < 1.29 is 9.21 Å². The van der Waals surface area contributed by atoms with Gasteiger partial charge in [0.2, 0.25) is 0 Å². The fraction of sp³-hybridized carbons (Fsp3) is 0.471. The lowest BCUT2D eigenvalue weighted by Crippen LogP contribution is -2.39. The van der Waals surface area contributed by atoms with E-state index in [2.05, 4.69) is 26.0 Å². The average molecular weight is 491 g/mol. The van der Waals surface area contributed by atoms with Crippen LogP contribution in [0.3, 0.4) is 0 Å². The van der Waals surface area contributed by atoms with Crippen LogP contribution < -0.4 is 10.6 Å². The maximum Gasteiger partial charge on any atom is 0.287 e. The van der Waals surface area contributed by atoms with Crippen molar-refractivity contribution >= 4 is 47.2 Å². The second kappa shape index (κ2) is 11.2. The molecule has 7 nitrogen and oxygen atoms in total. The molecular weight excluding hydrogens is 465 g/mol. The molecule has 0 saturated heterocycles. The van der Waals surface area contributed by atoms with Gasteiger partial charge in [0.1, 0.15) is 0 Å². The van der Waals surface area contributed by atoms with Crippen LogP contribution in [0.5, 0.6) is 0 Å². The number of aryl methyl sites for hydroxylation is 2. The molecule has 1 amide bonds. The van der Waals surface area contributed by atoms with E-state index in [0.29, 0.717) is 25.4 Å². The van der Waals surface area contributed by atoms with Crippen molar-refractivity contribution in [2.24, 2.45) is 4.99 Å². The second-order valence-electron chi connectivity index (χ2n) is 5.73. The van der Waals surface area contributed by atoms with Gasteiger partial charge in [0.25, 0.3) is 5.91 Å². The van der Waals surface area contributed by atoms with Crippen molar-refractivity contribution in [3.8, 4) is 0 Å². The number of nitrogens with one attached hydrogen (secondary N) is 2. The SMILES string of the molecule is CN=C(NCCCNC(=O)c1occc1C)N(C)Cc1csc(C)n1.I. The summed E-state index contributed by atoms with van der Waals surface area (Å²) in [4.78, 5) is 22.7. The maximum atomic E-state index is 11.9. The molecule has 0 aliphatic heterocycles. The fourth-order valence-corrected chi connectivity index (χ4v) is 2.96. The summed E-state index contributed by atoms with van der Waals surface area (Å²) in [6.45, 7) is 5.84. The Kier molecular flexibility index (Phi) is 9.63. The van der Waals surface area contributed by atoms with Crippen molar-refractivity contribution in [2.45, 2.75) is 26.8 Å². The predicted octanol–water partition coefficient (Wildman–Crippen LogP) is 2.80. The molecule has 9 heteroatoms. The maximum absolute atomic E-state index is 11.9. The molecule has 0 saturated carbocycles. The molecule has 0 aliphatic rings. The van der Waals surface area contributed by atoms with Crippen LogP contribution in [0.25, 0.3) is 0 Å². The first-order valence-electron chi connectivity index (χ1n) is 8.16. The molecule has 0 fully saturated rings. The first-order valence-corrected chi connectivity index (χ1v) is 9.04. The number of carbonyl (C=O) groups is 1. The van der Waals surface area contributed by atoms with E-state index in [9.17, 15) is 4.79 Å². The molecule has 2 aromatic heterocycles. The Morgan fingerprint density at radius 1 is 1.35 bits per heavy atom. The Bertz CT molecular complexity index is 728. The average Bonchev–Trinajstić information content (AvgIpc) is 3.18. The Hall–Kier alpha value is -1.62. The van der Waals surface area contributed by atoms with Gasteiger partial charge in [-0.2, -0.15) is 0 Å². The topological polar surface area (TPSA) is 82.8 Å². The Morgan fingerprint density at radius 2 is 2.08 bits per heavy atom. The highest BCUT2D eigenvalue weighted by Crippen LogP contribution is 2.10. The number of guanidine groups is 1. The lowest BCUT2D eigenvalue weighted by Gasteiger charge is -2.21. The van der Waals surface area contributed by atoms with Crippen molar-refractivity contribution in [1.82, 2.24) is 20.5 Å². The number of carbonyl (C=O) groups excluding carboxylic acids is 1. The zero-order valence-corrected chi connectivity index (χ0v) is 18.7. The minimum Gasteiger partial charge on any atom is -0.459 e. The lowest BCUT2D eigenvalue weighted by atomic mass is 10.2. The van der Waals surface area contributed by atoms with Gasteiger partial charge in [0.05, 0.1) is 23.5 Å². The van der Waals surface area contributed by atoms with Crippen LogP contribution in [-0.2, 0) is 6.54 Å². The molecule has 0 spiro atoms. The summed E-state index contributed by atoms with van der Waals surface area (Å²) >= 11 is 1.65.